The Morgan fingerprint density at radius 2 is 2.09 bits per heavy atom. The minimum Gasteiger partial charge on any atom is -0.279 e. The van der Waals surface area contributed by atoms with Crippen LogP contribution in [0.1, 0.15) is 20.3 Å². The first-order valence-corrected chi connectivity index (χ1v) is 4.45. The van der Waals surface area contributed by atoms with Gasteiger partial charge in [0, 0.05) is 12.5 Å². The molecule has 2 amide bonds. The molecule has 1 heterocycles. The van der Waals surface area contributed by atoms with Gasteiger partial charge in [0.15, 0.2) is 0 Å². The molecule has 0 bridgehead atoms. The number of carbonyl (C=O) groups is 2. The Morgan fingerprint density at radius 1 is 1.55 bits per heavy atom. The molecule has 3 nitrogen and oxygen atoms in total. The van der Waals surface area contributed by atoms with Crippen LogP contribution in [0.3, 0.4) is 0 Å². The Bertz CT molecular complexity index is 203. The molecule has 1 rings (SSSR count). The minimum absolute atomic E-state index is 0.0162. The van der Waals surface area contributed by atoms with Crippen LogP contribution in [-0.4, -0.2) is 27.6 Å². The van der Waals surface area contributed by atoms with Gasteiger partial charge < -0.3 is 0 Å². The van der Waals surface area contributed by atoms with Crippen LogP contribution >= 0.6 is 15.9 Å². The number of carbonyl (C=O) groups excluding carboxylic acids is 2. The van der Waals surface area contributed by atoms with Crippen LogP contribution in [0.2, 0.25) is 0 Å². The maximum absolute atomic E-state index is 11.2. The normalized spacial score (nSPS) is 25.5. The molecule has 0 spiro atoms. The number of rotatable bonds is 1. The van der Waals surface area contributed by atoms with Crippen molar-refractivity contribution in [3.05, 3.63) is 0 Å². The molecular weight excluding hydrogens is 210 g/mol. The van der Waals surface area contributed by atoms with E-state index < -0.39 is 0 Å². The molecule has 1 aliphatic heterocycles. The second-order valence-corrected chi connectivity index (χ2v) is 3.97. The summed E-state index contributed by atoms with van der Waals surface area (Å²) in [6.07, 6.45) is 0.303. The van der Waals surface area contributed by atoms with Gasteiger partial charge in [-0.15, -0.1) is 0 Å². The van der Waals surface area contributed by atoms with Crippen molar-refractivity contribution < 1.29 is 9.59 Å². The Morgan fingerprint density at radius 3 is 2.27 bits per heavy atom. The Hall–Kier alpha value is -0.380. The number of hydrogen-bond acceptors (Lipinski definition) is 2. The number of hydrogen-bond donors (Lipinski definition) is 0. The van der Waals surface area contributed by atoms with Gasteiger partial charge in [-0.3, -0.25) is 14.5 Å². The number of amides is 2. The lowest BCUT2D eigenvalue weighted by atomic mass is 10.3. The van der Waals surface area contributed by atoms with Crippen molar-refractivity contribution in [2.45, 2.75) is 31.1 Å². The van der Waals surface area contributed by atoms with Gasteiger partial charge in [-0.1, -0.05) is 15.9 Å². The Balaban J connectivity index is 2.80. The monoisotopic (exact) mass is 219 g/mol. The van der Waals surface area contributed by atoms with Crippen molar-refractivity contribution in [3.63, 3.8) is 0 Å². The van der Waals surface area contributed by atoms with Crippen LogP contribution in [0, 0.1) is 0 Å². The summed E-state index contributed by atoms with van der Waals surface area (Å²) in [5.41, 5.74) is 0. The number of likely N-dealkylation sites (tertiary alicyclic amines) is 1. The van der Waals surface area contributed by atoms with E-state index in [0.29, 0.717) is 6.42 Å². The van der Waals surface area contributed by atoms with E-state index in [1.165, 1.54) is 4.90 Å². The minimum atomic E-state index is -0.294. The van der Waals surface area contributed by atoms with Crippen molar-refractivity contribution in [1.29, 1.82) is 0 Å². The van der Waals surface area contributed by atoms with Crippen LogP contribution < -0.4 is 0 Å². The van der Waals surface area contributed by atoms with Gasteiger partial charge in [0.05, 0.1) is 0 Å². The molecule has 1 fully saturated rings. The molecule has 0 N–H and O–H groups in total. The summed E-state index contributed by atoms with van der Waals surface area (Å²) in [4.78, 5) is 23.3. The molecule has 0 saturated carbocycles. The van der Waals surface area contributed by atoms with Crippen molar-refractivity contribution >= 4 is 27.7 Å². The lowest BCUT2D eigenvalue weighted by molar-refractivity contribution is -0.140. The average Bonchev–Trinajstić information content (AvgIpc) is 2.07. The van der Waals surface area contributed by atoms with Crippen molar-refractivity contribution in [2.75, 3.05) is 0 Å². The van der Waals surface area contributed by atoms with E-state index in [1.54, 1.807) is 0 Å². The zero-order chi connectivity index (χ0) is 8.59. The summed E-state index contributed by atoms with van der Waals surface area (Å²) < 4.78 is 0. The SMILES string of the molecule is CC(C)N1C(=O)CC(Br)C1=O. The molecular formula is C7H10BrNO2. The lowest BCUT2D eigenvalue weighted by Crippen LogP contribution is -2.36. The van der Waals surface area contributed by atoms with Gasteiger partial charge in [-0.2, -0.15) is 0 Å². The fraction of sp³-hybridized carbons (Fsp3) is 0.714. The number of imide groups is 1. The van der Waals surface area contributed by atoms with Gasteiger partial charge in [-0.05, 0) is 13.8 Å². The van der Waals surface area contributed by atoms with E-state index in [0.717, 1.165) is 0 Å². The molecule has 62 valence electrons. The Kier molecular flexibility index (Phi) is 2.32. The summed E-state index contributed by atoms with van der Waals surface area (Å²) in [6, 6.07) is -0.0162. The molecule has 4 heteroatoms. The smallest absolute Gasteiger partial charge is 0.243 e. The zero-order valence-electron chi connectivity index (χ0n) is 6.50. The molecule has 0 aromatic rings. The maximum atomic E-state index is 11.2. The topological polar surface area (TPSA) is 37.4 Å². The van der Waals surface area contributed by atoms with E-state index in [2.05, 4.69) is 15.9 Å². The van der Waals surface area contributed by atoms with E-state index in [-0.39, 0.29) is 22.7 Å². The van der Waals surface area contributed by atoms with Gasteiger partial charge in [0.25, 0.3) is 0 Å². The molecule has 0 aromatic carbocycles. The van der Waals surface area contributed by atoms with Gasteiger partial charge >= 0.3 is 0 Å². The summed E-state index contributed by atoms with van der Waals surface area (Å²) in [5, 5.41) is 0. The molecule has 0 radical (unpaired) electrons. The predicted octanol–water partition coefficient (Wildman–Crippen LogP) is 0.917. The van der Waals surface area contributed by atoms with E-state index >= 15 is 0 Å². The molecule has 1 saturated heterocycles. The molecule has 11 heavy (non-hydrogen) atoms. The molecule has 0 aliphatic carbocycles. The largest absolute Gasteiger partial charge is 0.279 e. The Labute approximate surface area is 73.9 Å². The highest BCUT2D eigenvalue weighted by Gasteiger charge is 2.38. The highest BCUT2D eigenvalue weighted by molar-refractivity contribution is 9.10. The van der Waals surface area contributed by atoms with Crippen LogP contribution in [0.15, 0.2) is 0 Å². The van der Waals surface area contributed by atoms with E-state index in [4.69, 9.17) is 0 Å². The third kappa shape index (κ3) is 1.45. The maximum Gasteiger partial charge on any atom is 0.243 e. The van der Waals surface area contributed by atoms with Crippen LogP contribution in [0.4, 0.5) is 0 Å². The molecule has 1 unspecified atom stereocenters. The quantitative estimate of drug-likeness (QED) is 0.486. The van der Waals surface area contributed by atoms with Gasteiger partial charge in [-0.25, -0.2) is 0 Å². The number of nitrogens with zero attached hydrogens (tertiary/aromatic N) is 1. The van der Waals surface area contributed by atoms with Crippen LogP contribution in [-0.2, 0) is 9.59 Å². The summed E-state index contributed by atoms with van der Waals surface area (Å²) >= 11 is 3.14. The van der Waals surface area contributed by atoms with E-state index in [9.17, 15) is 9.59 Å². The average molecular weight is 220 g/mol. The van der Waals surface area contributed by atoms with Crippen molar-refractivity contribution in [3.8, 4) is 0 Å². The van der Waals surface area contributed by atoms with E-state index in [1.807, 2.05) is 13.8 Å². The molecule has 1 atom stereocenters. The van der Waals surface area contributed by atoms with Gasteiger partial charge in [0.1, 0.15) is 4.83 Å². The fourth-order valence-electron chi connectivity index (χ4n) is 1.16. The van der Waals surface area contributed by atoms with Crippen molar-refractivity contribution in [2.24, 2.45) is 0 Å². The van der Waals surface area contributed by atoms with Crippen molar-refractivity contribution in [1.82, 2.24) is 4.90 Å². The second kappa shape index (κ2) is 2.93. The first kappa shape index (κ1) is 8.71. The van der Waals surface area contributed by atoms with Crippen LogP contribution in [0.25, 0.3) is 0 Å². The molecule has 1 aliphatic rings. The van der Waals surface area contributed by atoms with Crippen LogP contribution in [0.5, 0.6) is 0 Å². The summed E-state index contributed by atoms with van der Waals surface area (Å²) in [5.74, 6) is -0.183. The zero-order valence-corrected chi connectivity index (χ0v) is 8.09. The predicted molar refractivity (Wildman–Crippen MR) is 44.3 cm³/mol. The standard InChI is InChI=1S/C7H10BrNO2/c1-4(2)9-6(10)3-5(8)7(9)11/h4-5H,3H2,1-2H3. The highest BCUT2D eigenvalue weighted by Crippen LogP contribution is 2.21. The molecule has 0 aromatic heterocycles. The second-order valence-electron chi connectivity index (χ2n) is 2.87. The summed E-state index contributed by atoms with van der Waals surface area (Å²) in [6.45, 7) is 3.67. The first-order chi connectivity index (χ1) is 5.04. The highest BCUT2D eigenvalue weighted by atomic mass is 79.9. The number of alkyl halides is 1. The lowest BCUT2D eigenvalue weighted by Gasteiger charge is -2.17. The first-order valence-electron chi connectivity index (χ1n) is 3.54. The summed E-state index contributed by atoms with van der Waals surface area (Å²) in [7, 11) is 0. The third-order valence-corrected chi connectivity index (χ3v) is 2.36. The third-order valence-electron chi connectivity index (χ3n) is 1.64. The fourth-order valence-corrected chi connectivity index (χ4v) is 1.65. The number of halogens is 1. The van der Waals surface area contributed by atoms with Gasteiger partial charge in [0.2, 0.25) is 11.8 Å².